The van der Waals surface area contributed by atoms with Gasteiger partial charge in [-0.05, 0) is 63.3 Å². The van der Waals surface area contributed by atoms with E-state index >= 15 is 4.39 Å². The largest absolute Gasteiger partial charge is 0.480 e. The third-order valence-corrected chi connectivity index (χ3v) is 9.73. The number of nitrogens with one attached hydrogen (secondary N) is 2. The van der Waals surface area contributed by atoms with E-state index in [0.717, 1.165) is 55.3 Å². The van der Waals surface area contributed by atoms with E-state index in [2.05, 4.69) is 22.1 Å². The molecule has 1 saturated carbocycles. The minimum absolute atomic E-state index is 0.0101. The maximum atomic E-state index is 17.1. The number of piperidine rings is 1. The highest BCUT2D eigenvalue weighted by Crippen LogP contribution is 2.45. The Labute approximate surface area is 261 Å². The van der Waals surface area contributed by atoms with Crippen molar-refractivity contribution in [2.24, 2.45) is 5.41 Å². The molecule has 3 N–H and O–H groups in total. The van der Waals surface area contributed by atoms with Gasteiger partial charge in [-0.15, -0.1) is 0 Å². The maximum Gasteiger partial charge on any atom is 0.319 e. The lowest BCUT2D eigenvalue weighted by Gasteiger charge is -2.39. The number of fused-ring (bicyclic) bond motifs is 3. The summed E-state index contributed by atoms with van der Waals surface area (Å²) in [6, 6.07) is 2.41. The summed E-state index contributed by atoms with van der Waals surface area (Å²) in [4.78, 5) is 16.2. The molecular weight excluding hydrogens is 577 g/mol. The molecule has 11 nitrogen and oxygen atoms in total. The molecule has 3 atom stereocenters. The molecule has 0 radical (unpaired) electrons. The van der Waals surface area contributed by atoms with Gasteiger partial charge in [-0.2, -0.15) is 15.1 Å². The summed E-state index contributed by atoms with van der Waals surface area (Å²) >= 11 is 0. The van der Waals surface area contributed by atoms with E-state index in [1.165, 1.54) is 7.11 Å². The molecule has 4 aromatic rings. The Bertz CT molecular complexity index is 1780. The van der Waals surface area contributed by atoms with Gasteiger partial charge >= 0.3 is 6.01 Å². The number of benzene rings is 1. The van der Waals surface area contributed by atoms with Gasteiger partial charge in [0.25, 0.3) is 0 Å². The standard InChI is InChI=1S/C33H40FN7O4/c1-5-20-19(2)14-22-21(15-36-40-22)24(20)27-26(34)28-25(30(37-27)43-4)29(41-12-13-44-17-32(3,42)16-41)39-31(38-28)45-18-33-9-6-8-23(33)35-11-7-10-33/h5,14-15,23,35,42H,1,6-13,16-18H2,2-4H3,(H,36,40)/t23-,32+,33-/m1/s1. The molecule has 1 aromatic carbocycles. The van der Waals surface area contributed by atoms with Gasteiger partial charge in [0, 0.05) is 29.0 Å². The van der Waals surface area contributed by atoms with Crippen molar-refractivity contribution < 1.29 is 23.7 Å². The molecule has 1 aliphatic carbocycles. The first-order valence-corrected chi connectivity index (χ1v) is 15.7. The molecule has 0 bridgehead atoms. The summed E-state index contributed by atoms with van der Waals surface area (Å²) in [6.07, 6.45) is 8.81. The van der Waals surface area contributed by atoms with Crippen molar-refractivity contribution in [1.29, 1.82) is 0 Å². The molecule has 2 aliphatic heterocycles. The Balaban J connectivity index is 1.43. The first-order valence-electron chi connectivity index (χ1n) is 15.7. The molecule has 0 amide bonds. The molecule has 3 aromatic heterocycles. The number of aromatic amines is 1. The van der Waals surface area contributed by atoms with Crippen molar-refractivity contribution in [3.8, 4) is 23.1 Å². The zero-order valence-electron chi connectivity index (χ0n) is 26.1. The third kappa shape index (κ3) is 5.18. The Kier molecular flexibility index (Phi) is 7.61. The second kappa shape index (κ2) is 11.5. The number of hydrogen-bond donors (Lipinski definition) is 3. The quantitative estimate of drug-likeness (QED) is 0.271. The first-order chi connectivity index (χ1) is 21.7. The number of aliphatic hydroxyl groups is 1. The number of anilines is 1. The van der Waals surface area contributed by atoms with E-state index in [9.17, 15) is 5.11 Å². The Morgan fingerprint density at radius 1 is 1.27 bits per heavy atom. The van der Waals surface area contributed by atoms with Gasteiger partial charge in [0.2, 0.25) is 5.88 Å². The average molecular weight is 618 g/mol. The molecule has 3 fully saturated rings. The number of rotatable bonds is 7. The Morgan fingerprint density at radius 3 is 2.93 bits per heavy atom. The minimum Gasteiger partial charge on any atom is -0.480 e. The summed E-state index contributed by atoms with van der Waals surface area (Å²) in [7, 11) is 1.49. The lowest BCUT2D eigenvalue weighted by Crippen LogP contribution is -2.49. The highest BCUT2D eigenvalue weighted by molar-refractivity contribution is 6.03. The molecule has 45 heavy (non-hydrogen) atoms. The van der Waals surface area contributed by atoms with Crippen LogP contribution in [0.15, 0.2) is 18.8 Å². The van der Waals surface area contributed by atoms with E-state index in [4.69, 9.17) is 29.2 Å². The van der Waals surface area contributed by atoms with E-state index < -0.39 is 11.4 Å². The molecule has 3 aliphatic rings. The smallest absolute Gasteiger partial charge is 0.319 e. The van der Waals surface area contributed by atoms with Gasteiger partial charge in [0.05, 0.1) is 45.2 Å². The van der Waals surface area contributed by atoms with Crippen LogP contribution in [0.3, 0.4) is 0 Å². The zero-order valence-corrected chi connectivity index (χ0v) is 26.1. The lowest BCUT2D eigenvalue weighted by atomic mass is 9.76. The fraction of sp³-hybridized carbons (Fsp3) is 0.515. The summed E-state index contributed by atoms with van der Waals surface area (Å²) in [5.41, 5.74) is 1.84. The van der Waals surface area contributed by atoms with Crippen LogP contribution in [0.25, 0.3) is 39.1 Å². The predicted octanol–water partition coefficient (Wildman–Crippen LogP) is 4.56. The van der Waals surface area contributed by atoms with Gasteiger partial charge in [-0.25, -0.2) is 9.37 Å². The number of β-amino-alcohol motifs (C(OH)–C–C–N with tert-alkyl or cyclic N) is 1. The van der Waals surface area contributed by atoms with E-state index in [1.54, 1.807) is 19.2 Å². The molecule has 2 saturated heterocycles. The van der Waals surface area contributed by atoms with Crippen LogP contribution in [0, 0.1) is 18.2 Å². The van der Waals surface area contributed by atoms with Crippen LogP contribution in [-0.4, -0.2) is 88.5 Å². The number of methoxy groups -OCH3 is 1. The zero-order chi connectivity index (χ0) is 31.3. The van der Waals surface area contributed by atoms with E-state index in [-0.39, 0.29) is 41.7 Å². The first kappa shape index (κ1) is 29.8. The highest BCUT2D eigenvalue weighted by Gasteiger charge is 2.45. The second-order valence-corrected chi connectivity index (χ2v) is 13.0. The van der Waals surface area contributed by atoms with Crippen LogP contribution in [0.4, 0.5) is 10.2 Å². The molecular formula is C33H40FN7O4. The molecule has 12 heteroatoms. The number of aryl methyl sites for hydroxylation is 1. The number of nitrogens with zero attached hydrogens (tertiary/aromatic N) is 5. The van der Waals surface area contributed by atoms with Crippen LogP contribution in [-0.2, 0) is 4.74 Å². The number of halogens is 1. The molecule has 0 spiro atoms. The Hall–Kier alpha value is -3.87. The van der Waals surface area contributed by atoms with Crippen molar-refractivity contribution >= 4 is 33.7 Å². The molecule has 7 rings (SSSR count). The number of H-pyrrole nitrogens is 1. The van der Waals surface area contributed by atoms with Crippen LogP contribution >= 0.6 is 0 Å². The van der Waals surface area contributed by atoms with Crippen LogP contribution in [0.1, 0.15) is 50.2 Å². The summed E-state index contributed by atoms with van der Waals surface area (Å²) in [5.74, 6) is -0.101. The van der Waals surface area contributed by atoms with Crippen LogP contribution in [0.5, 0.6) is 11.9 Å². The summed E-state index contributed by atoms with van der Waals surface area (Å²) < 4.78 is 35.0. The SMILES string of the molecule is C=Cc1c(C)cc2[nH]ncc2c1-c1nc(OC)c2c(N3CCOC[C@@](C)(O)C3)nc(OC[C@@]34CCCN[C@@H]3CCC4)nc2c1F. The number of aromatic nitrogens is 5. The van der Waals surface area contributed by atoms with Gasteiger partial charge in [0.1, 0.15) is 28.0 Å². The van der Waals surface area contributed by atoms with E-state index in [0.29, 0.717) is 48.0 Å². The molecule has 238 valence electrons. The second-order valence-electron chi connectivity index (χ2n) is 13.0. The number of pyridine rings is 1. The van der Waals surface area contributed by atoms with Crippen molar-refractivity contribution in [3.05, 3.63) is 35.8 Å². The third-order valence-electron chi connectivity index (χ3n) is 9.73. The molecule has 5 heterocycles. The van der Waals surface area contributed by atoms with Gasteiger partial charge in [-0.3, -0.25) is 5.10 Å². The maximum absolute atomic E-state index is 17.1. The van der Waals surface area contributed by atoms with Gasteiger partial charge < -0.3 is 29.5 Å². The topological polar surface area (TPSA) is 131 Å². The number of ether oxygens (including phenoxy) is 3. The van der Waals surface area contributed by atoms with Crippen molar-refractivity contribution in [3.63, 3.8) is 0 Å². The fourth-order valence-corrected chi connectivity index (χ4v) is 7.58. The average Bonchev–Trinajstić information content (AvgIpc) is 3.63. The van der Waals surface area contributed by atoms with Crippen LogP contribution < -0.4 is 19.7 Å². The monoisotopic (exact) mass is 617 g/mol. The Morgan fingerprint density at radius 2 is 2.11 bits per heavy atom. The van der Waals surface area contributed by atoms with Gasteiger partial charge in [0.15, 0.2) is 5.82 Å². The normalized spacial score (nSPS) is 25.4. The summed E-state index contributed by atoms with van der Waals surface area (Å²) in [5, 5.41) is 22.9. The van der Waals surface area contributed by atoms with Crippen LogP contribution in [0.2, 0.25) is 0 Å². The van der Waals surface area contributed by atoms with Crippen molar-refractivity contribution in [1.82, 2.24) is 30.5 Å². The minimum atomic E-state index is -1.16. The predicted molar refractivity (Wildman–Crippen MR) is 170 cm³/mol. The lowest BCUT2D eigenvalue weighted by molar-refractivity contribution is -0.0123. The summed E-state index contributed by atoms with van der Waals surface area (Å²) in [6.45, 7) is 10.2. The fourth-order valence-electron chi connectivity index (χ4n) is 7.58. The molecule has 0 unspecified atom stereocenters. The number of hydrogen-bond acceptors (Lipinski definition) is 10. The van der Waals surface area contributed by atoms with Crippen molar-refractivity contribution in [2.45, 2.75) is 57.6 Å². The van der Waals surface area contributed by atoms with E-state index in [1.807, 2.05) is 17.9 Å². The van der Waals surface area contributed by atoms with Crippen molar-refractivity contribution in [2.75, 3.05) is 51.5 Å². The van der Waals surface area contributed by atoms with Gasteiger partial charge in [-0.1, -0.05) is 19.1 Å². The highest BCUT2D eigenvalue weighted by atomic mass is 19.1.